The molecule has 30 heavy (non-hydrogen) atoms. The Morgan fingerprint density at radius 3 is 2.73 bits per heavy atom. The predicted octanol–water partition coefficient (Wildman–Crippen LogP) is 5.10. The summed E-state index contributed by atoms with van der Waals surface area (Å²) in [6, 6.07) is 14.9. The maximum atomic E-state index is 12.8. The van der Waals surface area contributed by atoms with Crippen LogP contribution in [-0.2, 0) is 6.54 Å². The number of ether oxygens (including phenoxy) is 2. The van der Waals surface area contributed by atoms with Gasteiger partial charge in [-0.05, 0) is 31.2 Å². The van der Waals surface area contributed by atoms with E-state index in [1.807, 2.05) is 60.0 Å². The lowest BCUT2D eigenvalue weighted by molar-refractivity contribution is 0.0821. The first-order chi connectivity index (χ1) is 14.6. The number of benzene rings is 2. The molecule has 3 aromatic rings. The standard InChI is InChI=1S/C22H20BrN3O3S/c1-3-12-26-21(19-13-28-17-6-4-5-7-18(17)29-19)24-25-22(26)30-14(2)20(27)15-8-10-16(23)11-9-15/h3-11,14,19H,1,12-13H2,2H3/t14-,19-/m0/s1. The highest BCUT2D eigenvalue weighted by Gasteiger charge is 2.29. The lowest BCUT2D eigenvalue weighted by atomic mass is 10.1. The minimum absolute atomic E-state index is 0.0355. The van der Waals surface area contributed by atoms with Crippen molar-refractivity contribution >= 4 is 33.5 Å². The summed E-state index contributed by atoms with van der Waals surface area (Å²) in [6.07, 6.45) is 1.38. The topological polar surface area (TPSA) is 66.2 Å². The molecular weight excluding hydrogens is 466 g/mol. The van der Waals surface area contributed by atoms with E-state index < -0.39 is 0 Å². The molecular formula is C22H20BrN3O3S. The molecule has 0 saturated heterocycles. The van der Waals surface area contributed by atoms with Gasteiger partial charge >= 0.3 is 0 Å². The average molecular weight is 486 g/mol. The molecule has 0 unspecified atom stereocenters. The Morgan fingerprint density at radius 2 is 2.00 bits per heavy atom. The monoisotopic (exact) mass is 485 g/mol. The van der Waals surface area contributed by atoms with Crippen molar-refractivity contribution in [3.63, 3.8) is 0 Å². The van der Waals surface area contributed by atoms with Crippen LogP contribution < -0.4 is 9.47 Å². The highest BCUT2D eigenvalue weighted by molar-refractivity contribution is 9.10. The summed E-state index contributed by atoms with van der Waals surface area (Å²) in [5.74, 6) is 2.07. The molecule has 2 aromatic carbocycles. The number of halogens is 1. The number of Topliss-reactive ketones (excluding diaryl/α,β-unsaturated/α-hetero) is 1. The quantitative estimate of drug-likeness (QED) is 0.263. The van der Waals surface area contributed by atoms with Crippen LogP contribution in [0.3, 0.4) is 0 Å². The zero-order valence-electron chi connectivity index (χ0n) is 16.3. The fourth-order valence-electron chi connectivity index (χ4n) is 3.13. The van der Waals surface area contributed by atoms with Crippen molar-refractivity contribution in [1.29, 1.82) is 0 Å². The molecule has 0 amide bonds. The van der Waals surface area contributed by atoms with Crippen LogP contribution in [0.1, 0.15) is 29.2 Å². The molecule has 8 heteroatoms. The van der Waals surface area contributed by atoms with Crippen LogP contribution in [0.25, 0.3) is 0 Å². The van der Waals surface area contributed by atoms with Crippen LogP contribution >= 0.6 is 27.7 Å². The zero-order chi connectivity index (χ0) is 21.1. The van der Waals surface area contributed by atoms with Gasteiger partial charge < -0.3 is 9.47 Å². The molecule has 0 aliphatic carbocycles. The van der Waals surface area contributed by atoms with E-state index in [1.54, 1.807) is 6.08 Å². The Balaban J connectivity index is 1.55. The molecule has 2 atom stereocenters. The van der Waals surface area contributed by atoms with E-state index in [0.717, 1.165) is 4.47 Å². The van der Waals surface area contributed by atoms with E-state index in [1.165, 1.54) is 11.8 Å². The highest BCUT2D eigenvalue weighted by Crippen LogP contribution is 2.36. The van der Waals surface area contributed by atoms with Crippen LogP contribution in [0.2, 0.25) is 0 Å². The summed E-state index contributed by atoms with van der Waals surface area (Å²) in [5.41, 5.74) is 0.661. The number of fused-ring (bicyclic) bond motifs is 1. The van der Waals surface area contributed by atoms with E-state index in [-0.39, 0.29) is 17.1 Å². The molecule has 0 radical (unpaired) electrons. The minimum atomic E-state index is -0.390. The number of allylic oxidation sites excluding steroid dienone is 1. The summed E-state index contributed by atoms with van der Waals surface area (Å²) in [5, 5.41) is 9.00. The second-order valence-electron chi connectivity index (χ2n) is 6.74. The van der Waals surface area contributed by atoms with Crippen molar-refractivity contribution in [2.75, 3.05) is 6.61 Å². The number of carbonyl (C=O) groups excluding carboxylic acids is 1. The number of thioether (sulfide) groups is 1. The van der Waals surface area contributed by atoms with Gasteiger partial charge in [-0.15, -0.1) is 16.8 Å². The average Bonchev–Trinajstić information content (AvgIpc) is 3.16. The molecule has 6 nitrogen and oxygen atoms in total. The molecule has 1 aromatic heterocycles. The summed E-state index contributed by atoms with van der Waals surface area (Å²) >= 11 is 4.76. The summed E-state index contributed by atoms with van der Waals surface area (Å²) in [4.78, 5) is 12.8. The van der Waals surface area contributed by atoms with Gasteiger partial charge in [-0.3, -0.25) is 9.36 Å². The molecule has 0 spiro atoms. The number of hydrogen-bond acceptors (Lipinski definition) is 6. The lowest BCUT2D eigenvalue weighted by Crippen LogP contribution is -2.25. The first-order valence-corrected chi connectivity index (χ1v) is 11.1. The molecule has 0 saturated carbocycles. The largest absolute Gasteiger partial charge is 0.485 e. The van der Waals surface area contributed by atoms with Gasteiger partial charge in [-0.1, -0.05) is 58.0 Å². The second-order valence-corrected chi connectivity index (χ2v) is 8.96. The van der Waals surface area contributed by atoms with Gasteiger partial charge in [0.05, 0.1) is 5.25 Å². The molecule has 1 aliphatic rings. The molecule has 0 fully saturated rings. The highest BCUT2D eigenvalue weighted by atomic mass is 79.9. The van der Waals surface area contributed by atoms with Crippen LogP contribution in [-0.4, -0.2) is 32.4 Å². The van der Waals surface area contributed by atoms with Crippen molar-refractivity contribution in [3.05, 3.63) is 77.0 Å². The molecule has 1 aliphatic heterocycles. The van der Waals surface area contributed by atoms with E-state index in [2.05, 4.69) is 32.7 Å². The third-order valence-corrected chi connectivity index (χ3v) is 6.24. The van der Waals surface area contributed by atoms with Crippen LogP contribution in [0.5, 0.6) is 11.5 Å². The lowest BCUT2D eigenvalue weighted by Gasteiger charge is -2.26. The SMILES string of the molecule is C=CCn1c(S[C@@H](C)C(=O)c2ccc(Br)cc2)nnc1[C@@H]1COc2ccccc2O1. The summed E-state index contributed by atoms with van der Waals surface area (Å²) in [6.45, 7) is 6.56. The molecule has 154 valence electrons. The minimum Gasteiger partial charge on any atom is -0.485 e. The third-order valence-electron chi connectivity index (χ3n) is 4.63. The summed E-state index contributed by atoms with van der Waals surface area (Å²) in [7, 11) is 0. The zero-order valence-corrected chi connectivity index (χ0v) is 18.7. The van der Waals surface area contributed by atoms with Gasteiger partial charge in [0, 0.05) is 16.6 Å². The number of nitrogens with zero attached hydrogens (tertiary/aromatic N) is 3. The Hall–Kier alpha value is -2.58. The smallest absolute Gasteiger partial charge is 0.192 e. The maximum absolute atomic E-state index is 12.8. The number of carbonyl (C=O) groups is 1. The van der Waals surface area contributed by atoms with E-state index in [4.69, 9.17) is 9.47 Å². The van der Waals surface area contributed by atoms with Crippen LogP contribution in [0, 0.1) is 0 Å². The number of para-hydroxylation sites is 2. The number of aromatic nitrogens is 3. The third kappa shape index (κ3) is 4.29. The Labute approximate surface area is 187 Å². The van der Waals surface area contributed by atoms with Gasteiger partial charge in [-0.2, -0.15) is 0 Å². The van der Waals surface area contributed by atoms with E-state index in [0.29, 0.717) is 41.2 Å². The van der Waals surface area contributed by atoms with Crippen LogP contribution in [0.4, 0.5) is 0 Å². The van der Waals surface area contributed by atoms with Gasteiger partial charge in [0.25, 0.3) is 0 Å². The number of rotatable bonds is 7. The Bertz CT molecular complexity index is 1070. The Kier molecular flexibility index (Phi) is 6.24. The summed E-state index contributed by atoms with van der Waals surface area (Å²) < 4.78 is 14.8. The first-order valence-electron chi connectivity index (χ1n) is 9.45. The predicted molar refractivity (Wildman–Crippen MR) is 119 cm³/mol. The van der Waals surface area contributed by atoms with E-state index >= 15 is 0 Å². The fraction of sp³-hybridized carbons (Fsp3) is 0.227. The van der Waals surface area contributed by atoms with Crippen molar-refractivity contribution in [3.8, 4) is 11.5 Å². The second kappa shape index (κ2) is 9.06. The fourth-order valence-corrected chi connectivity index (χ4v) is 4.34. The molecule has 0 bridgehead atoms. The van der Waals surface area contributed by atoms with Crippen molar-refractivity contribution < 1.29 is 14.3 Å². The maximum Gasteiger partial charge on any atom is 0.192 e. The van der Waals surface area contributed by atoms with Crippen molar-refractivity contribution in [2.45, 2.75) is 30.0 Å². The normalized spacial score (nSPS) is 16.1. The van der Waals surface area contributed by atoms with Gasteiger partial charge in [0.1, 0.15) is 6.61 Å². The van der Waals surface area contributed by atoms with Crippen molar-refractivity contribution in [1.82, 2.24) is 14.8 Å². The van der Waals surface area contributed by atoms with Crippen molar-refractivity contribution in [2.24, 2.45) is 0 Å². The van der Waals surface area contributed by atoms with Gasteiger partial charge in [0.15, 0.2) is 34.4 Å². The van der Waals surface area contributed by atoms with Gasteiger partial charge in [0.2, 0.25) is 0 Å². The molecule has 2 heterocycles. The van der Waals surface area contributed by atoms with E-state index in [9.17, 15) is 4.79 Å². The van der Waals surface area contributed by atoms with Gasteiger partial charge in [-0.25, -0.2) is 0 Å². The van der Waals surface area contributed by atoms with Crippen LogP contribution in [0.15, 0.2) is 70.8 Å². The Morgan fingerprint density at radius 1 is 1.27 bits per heavy atom. The molecule has 4 rings (SSSR count). The first kappa shape index (κ1) is 20.7. The molecule has 0 N–H and O–H groups in total. The number of ketones is 1. The number of hydrogen-bond donors (Lipinski definition) is 0.